The van der Waals surface area contributed by atoms with Crippen LogP contribution in [0.4, 0.5) is 11.4 Å². The molecule has 0 unspecified atom stereocenters. The number of nitrogens with one attached hydrogen (secondary N) is 2. The van der Waals surface area contributed by atoms with Crippen LogP contribution in [0, 0.1) is 0 Å². The zero-order chi connectivity index (χ0) is 19.3. The number of carbonyl (C=O) groups is 1. The number of hydrogen-bond donors (Lipinski definition) is 3. The molecular weight excluding hydrogens is 350 g/mol. The molecular formula is C19H25N3O3S. The Morgan fingerprint density at radius 1 is 1.12 bits per heavy atom. The van der Waals surface area contributed by atoms with Crippen molar-refractivity contribution in [1.82, 2.24) is 5.32 Å². The highest BCUT2D eigenvalue weighted by Crippen LogP contribution is 2.19. The van der Waals surface area contributed by atoms with Crippen molar-refractivity contribution in [1.29, 1.82) is 0 Å². The summed E-state index contributed by atoms with van der Waals surface area (Å²) in [4.78, 5) is 12.6. The lowest BCUT2D eigenvalue weighted by molar-refractivity contribution is 0.0952. The first-order chi connectivity index (χ1) is 12.2. The summed E-state index contributed by atoms with van der Waals surface area (Å²) in [6.45, 7) is 5.94. The number of hydrogen-bond acceptors (Lipinski definition) is 5. The van der Waals surface area contributed by atoms with Gasteiger partial charge in [-0.05, 0) is 49.7 Å². The van der Waals surface area contributed by atoms with Gasteiger partial charge in [-0.15, -0.1) is 0 Å². The second-order valence-corrected chi connectivity index (χ2v) is 8.61. The third-order valence-electron chi connectivity index (χ3n) is 3.87. The van der Waals surface area contributed by atoms with E-state index in [0.29, 0.717) is 11.3 Å². The second-order valence-electron chi connectivity index (χ2n) is 6.33. The molecule has 2 aromatic carbocycles. The fourth-order valence-corrected chi connectivity index (χ4v) is 3.34. The highest BCUT2D eigenvalue weighted by molar-refractivity contribution is 7.91. The van der Waals surface area contributed by atoms with E-state index in [2.05, 4.69) is 10.6 Å². The molecule has 0 aliphatic rings. The molecule has 0 heterocycles. The van der Waals surface area contributed by atoms with Crippen molar-refractivity contribution in [3.8, 4) is 0 Å². The second kappa shape index (κ2) is 8.23. The largest absolute Gasteiger partial charge is 0.398 e. The van der Waals surface area contributed by atoms with Crippen molar-refractivity contribution in [2.75, 3.05) is 16.8 Å². The topological polar surface area (TPSA) is 101 Å². The molecule has 1 amide bonds. The van der Waals surface area contributed by atoms with E-state index < -0.39 is 9.84 Å². The monoisotopic (exact) mass is 375 g/mol. The Labute approximate surface area is 154 Å². The number of amides is 1. The molecule has 0 saturated carbocycles. The first-order valence-corrected chi connectivity index (χ1v) is 10.1. The van der Waals surface area contributed by atoms with E-state index >= 15 is 0 Å². The summed E-state index contributed by atoms with van der Waals surface area (Å²) >= 11 is 0. The highest BCUT2D eigenvalue weighted by Gasteiger charge is 2.12. The predicted molar refractivity (Wildman–Crippen MR) is 105 cm³/mol. The summed E-state index contributed by atoms with van der Waals surface area (Å²) in [5, 5.41) is 6.03. The van der Waals surface area contributed by atoms with Gasteiger partial charge in [-0.1, -0.05) is 19.1 Å². The Kier molecular flexibility index (Phi) is 6.26. The van der Waals surface area contributed by atoms with Gasteiger partial charge in [0, 0.05) is 24.0 Å². The number of benzene rings is 2. The predicted octanol–water partition coefficient (Wildman–Crippen LogP) is 2.81. The first-order valence-electron chi connectivity index (χ1n) is 8.49. The van der Waals surface area contributed by atoms with Crippen LogP contribution in [0.2, 0.25) is 0 Å². The standard InChI is InChI=1S/C19H25N3O3S/c1-4-26(24,25)16-8-5-14(6-9-16)12-21-19(23)17-10-7-15(11-18(17)20)22-13(2)3/h5-11,13,22H,4,12,20H2,1-3H3,(H,21,23). The normalized spacial score (nSPS) is 11.4. The molecule has 0 aliphatic carbocycles. The first kappa shape index (κ1) is 19.8. The lowest BCUT2D eigenvalue weighted by Crippen LogP contribution is -2.24. The Balaban J connectivity index is 2.02. The molecule has 140 valence electrons. The van der Waals surface area contributed by atoms with Crippen LogP contribution in [-0.2, 0) is 16.4 Å². The molecule has 0 atom stereocenters. The van der Waals surface area contributed by atoms with Gasteiger partial charge in [-0.3, -0.25) is 4.79 Å². The molecule has 0 bridgehead atoms. The van der Waals surface area contributed by atoms with Crippen LogP contribution in [0.25, 0.3) is 0 Å². The summed E-state index contributed by atoms with van der Waals surface area (Å²) in [7, 11) is -3.22. The van der Waals surface area contributed by atoms with Crippen molar-refractivity contribution in [2.45, 2.75) is 38.3 Å². The van der Waals surface area contributed by atoms with Crippen LogP contribution in [0.1, 0.15) is 36.7 Å². The van der Waals surface area contributed by atoms with Crippen LogP contribution in [-0.4, -0.2) is 26.1 Å². The lowest BCUT2D eigenvalue weighted by atomic mass is 10.1. The van der Waals surface area contributed by atoms with Gasteiger partial charge in [0.15, 0.2) is 9.84 Å². The maximum atomic E-state index is 12.3. The van der Waals surface area contributed by atoms with E-state index in [4.69, 9.17) is 5.73 Å². The molecule has 4 N–H and O–H groups in total. The van der Waals surface area contributed by atoms with E-state index in [1.54, 1.807) is 43.3 Å². The molecule has 0 aliphatic heterocycles. The number of nitrogens with two attached hydrogens (primary N) is 1. The van der Waals surface area contributed by atoms with E-state index in [1.165, 1.54) is 0 Å². The van der Waals surface area contributed by atoms with Gasteiger partial charge in [0.25, 0.3) is 5.91 Å². The zero-order valence-electron chi connectivity index (χ0n) is 15.2. The number of rotatable bonds is 7. The maximum Gasteiger partial charge on any atom is 0.253 e. The van der Waals surface area contributed by atoms with Crippen molar-refractivity contribution >= 4 is 27.1 Å². The van der Waals surface area contributed by atoms with Gasteiger partial charge in [0.2, 0.25) is 0 Å². The average Bonchev–Trinajstić information content (AvgIpc) is 2.59. The minimum Gasteiger partial charge on any atom is -0.398 e. The summed E-state index contributed by atoms with van der Waals surface area (Å²) in [6.07, 6.45) is 0. The molecule has 0 aromatic heterocycles. The molecule has 7 heteroatoms. The molecule has 0 spiro atoms. The van der Waals surface area contributed by atoms with Gasteiger partial charge < -0.3 is 16.4 Å². The van der Waals surface area contributed by atoms with Gasteiger partial charge in [-0.25, -0.2) is 8.42 Å². The van der Waals surface area contributed by atoms with Crippen LogP contribution >= 0.6 is 0 Å². The average molecular weight is 375 g/mol. The summed E-state index contributed by atoms with van der Waals surface area (Å²) in [5.74, 6) is -0.215. The van der Waals surface area contributed by atoms with Crippen LogP contribution < -0.4 is 16.4 Å². The molecule has 0 fully saturated rings. The molecule has 6 nitrogen and oxygen atoms in total. The Morgan fingerprint density at radius 2 is 1.77 bits per heavy atom. The van der Waals surface area contributed by atoms with E-state index in [9.17, 15) is 13.2 Å². The molecule has 2 aromatic rings. The fourth-order valence-electron chi connectivity index (χ4n) is 2.45. The van der Waals surface area contributed by atoms with Crippen LogP contribution in [0.15, 0.2) is 47.4 Å². The van der Waals surface area contributed by atoms with Crippen molar-refractivity contribution in [3.05, 3.63) is 53.6 Å². The summed E-state index contributed by atoms with van der Waals surface area (Å²) in [5.41, 5.74) is 8.46. The van der Waals surface area contributed by atoms with E-state index in [0.717, 1.165) is 11.3 Å². The van der Waals surface area contributed by atoms with Crippen molar-refractivity contribution in [3.63, 3.8) is 0 Å². The maximum absolute atomic E-state index is 12.3. The smallest absolute Gasteiger partial charge is 0.253 e. The van der Waals surface area contributed by atoms with E-state index in [-0.39, 0.29) is 29.1 Å². The molecule has 0 radical (unpaired) electrons. The Hall–Kier alpha value is -2.54. The number of carbonyl (C=O) groups excluding carboxylic acids is 1. The van der Waals surface area contributed by atoms with Gasteiger partial charge >= 0.3 is 0 Å². The third-order valence-corrected chi connectivity index (χ3v) is 5.62. The Bertz CT molecular complexity index is 875. The molecule has 26 heavy (non-hydrogen) atoms. The van der Waals surface area contributed by atoms with Crippen LogP contribution in [0.5, 0.6) is 0 Å². The highest BCUT2D eigenvalue weighted by atomic mass is 32.2. The van der Waals surface area contributed by atoms with Gasteiger partial charge in [0.1, 0.15) is 0 Å². The van der Waals surface area contributed by atoms with Crippen molar-refractivity contribution in [2.24, 2.45) is 0 Å². The minimum atomic E-state index is -3.22. The minimum absolute atomic E-state index is 0.0595. The fraction of sp³-hybridized carbons (Fsp3) is 0.316. The molecule has 2 rings (SSSR count). The summed E-state index contributed by atoms with van der Waals surface area (Å²) < 4.78 is 23.6. The lowest BCUT2D eigenvalue weighted by Gasteiger charge is -2.13. The van der Waals surface area contributed by atoms with Gasteiger partial charge in [0.05, 0.1) is 16.2 Å². The van der Waals surface area contributed by atoms with Crippen LogP contribution in [0.3, 0.4) is 0 Å². The number of sulfone groups is 1. The Morgan fingerprint density at radius 3 is 2.31 bits per heavy atom. The quantitative estimate of drug-likeness (QED) is 0.646. The number of anilines is 2. The molecule has 0 saturated heterocycles. The SMILES string of the molecule is CCS(=O)(=O)c1ccc(CNC(=O)c2ccc(NC(C)C)cc2N)cc1. The number of nitrogen functional groups attached to an aromatic ring is 1. The van der Waals surface area contributed by atoms with Gasteiger partial charge in [-0.2, -0.15) is 0 Å². The van der Waals surface area contributed by atoms with E-state index in [1.807, 2.05) is 19.9 Å². The van der Waals surface area contributed by atoms with Crippen molar-refractivity contribution < 1.29 is 13.2 Å². The zero-order valence-corrected chi connectivity index (χ0v) is 16.1. The third kappa shape index (κ3) is 4.98. The summed E-state index contributed by atoms with van der Waals surface area (Å²) in [6, 6.07) is 12.0.